The van der Waals surface area contributed by atoms with Crippen LogP contribution in [0.5, 0.6) is 0 Å². The SMILES string of the molecule is CC(=O)c1cc(N)c(I)cc1C(F)F. The van der Waals surface area contributed by atoms with E-state index in [0.717, 1.165) is 0 Å². The van der Waals surface area contributed by atoms with E-state index in [0.29, 0.717) is 9.26 Å². The van der Waals surface area contributed by atoms with Crippen molar-refractivity contribution in [2.45, 2.75) is 13.3 Å². The van der Waals surface area contributed by atoms with Gasteiger partial charge in [-0.25, -0.2) is 8.78 Å². The Morgan fingerprint density at radius 1 is 1.50 bits per heavy atom. The summed E-state index contributed by atoms with van der Waals surface area (Å²) >= 11 is 1.85. The Balaban J connectivity index is 3.39. The second kappa shape index (κ2) is 4.20. The largest absolute Gasteiger partial charge is 0.398 e. The minimum Gasteiger partial charge on any atom is -0.398 e. The Hall–Kier alpha value is -0.720. The van der Waals surface area contributed by atoms with E-state index >= 15 is 0 Å². The number of hydrogen-bond donors (Lipinski definition) is 1. The third kappa shape index (κ3) is 2.20. The average molecular weight is 311 g/mol. The molecule has 0 radical (unpaired) electrons. The third-order valence-electron chi connectivity index (χ3n) is 1.78. The Bertz CT molecular complexity index is 379. The molecule has 1 aromatic rings. The topological polar surface area (TPSA) is 43.1 Å². The first-order chi connectivity index (χ1) is 6.43. The highest BCUT2D eigenvalue weighted by molar-refractivity contribution is 14.1. The fraction of sp³-hybridized carbons (Fsp3) is 0.222. The molecule has 0 amide bonds. The van der Waals surface area contributed by atoms with E-state index in [-0.39, 0.29) is 11.1 Å². The summed E-state index contributed by atoms with van der Waals surface area (Å²) in [4.78, 5) is 11.0. The molecule has 0 unspecified atom stereocenters. The molecule has 0 atom stereocenters. The molecule has 0 aromatic heterocycles. The van der Waals surface area contributed by atoms with Crippen molar-refractivity contribution >= 4 is 34.1 Å². The van der Waals surface area contributed by atoms with E-state index in [1.165, 1.54) is 19.1 Å². The van der Waals surface area contributed by atoms with Gasteiger partial charge < -0.3 is 5.73 Å². The van der Waals surface area contributed by atoms with Gasteiger partial charge in [-0.2, -0.15) is 0 Å². The lowest BCUT2D eigenvalue weighted by Gasteiger charge is -2.08. The van der Waals surface area contributed by atoms with Crippen LogP contribution >= 0.6 is 22.6 Å². The van der Waals surface area contributed by atoms with Crippen molar-refractivity contribution in [3.8, 4) is 0 Å². The minimum absolute atomic E-state index is 0.00193. The van der Waals surface area contributed by atoms with Gasteiger partial charge in [-0.3, -0.25) is 4.79 Å². The lowest BCUT2D eigenvalue weighted by molar-refractivity contribution is 0.0999. The first kappa shape index (κ1) is 11.4. The lowest BCUT2D eigenvalue weighted by Crippen LogP contribution is -2.03. The number of anilines is 1. The van der Waals surface area contributed by atoms with Crippen LogP contribution in [0.2, 0.25) is 0 Å². The summed E-state index contributed by atoms with van der Waals surface area (Å²) in [5.74, 6) is -0.400. The van der Waals surface area contributed by atoms with Crippen molar-refractivity contribution in [1.29, 1.82) is 0 Å². The summed E-state index contributed by atoms with van der Waals surface area (Å²) in [5.41, 5.74) is 5.61. The van der Waals surface area contributed by atoms with Crippen molar-refractivity contribution in [1.82, 2.24) is 0 Å². The molecule has 0 aliphatic heterocycles. The number of carbonyl (C=O) groups excluding carboxylic acids is 1. The number of benzene rings is 1. The van der Waals surface area contributed by atoms with Crippen LogP contribution in [-0.4, -0.2) is 5.78 Å². The second-order valence-corrected chi connectivity index (χ2v) is 3.98. The van der Waals surface area contributed by atoms with E-state index in [1.54, 1.807) is 0 Å². The molecule has 0 bridgehead atoms. The molecule has 0 spiro atoms. The number of Topliss-reactive ketones (excluding diaryl/α,β-unsaturated/α-hetero) is 1. The summed E-state index contributed by atoms with van der Waals surface area (Å²) in [6.07, 6.45) is -2.65. The summed E-state index contributed by atoms with van der Waals surface area (Å²) in [6, 6.07) is 2.54. The van der Waals surface area contributed by atoms with Gasteiger partial charge in [-0.15, -0.1) is 0 Å². The van der Waals surface area contributed by atoms with Gasteiger partial charge in [0, 0.05) is 20.4 Å². The number of alkyl halides is 2. The van der Waals surface area contributed by atoms with Crippen molar-refractivity contribution in [2.75, 3.05) is 5.73 Å². The maximum Gasteiger partial charge on any atom is 0.264 e. The molecule has 0 heterocycles. The Labute approximate surface area is 93.6 Å². The fourth-order valence-electron chi connectivity index (χ4n) is 1.09. The highest BCUT2D eigenvalue weighted by atomic mass is 127. The van der Waals surface area contributed by atoms with Crippen molar-refractivity contribution < 1.29 is 13.6 Å². The van der Waals surface area contributed by atoms with E-state index in [1.807, 2.05) is 22.6 Å². The van der Waals surface area contributed by atoms with Gasteiger partial charge in [0.15, 0.2) is 5.78 Å². The molecule has 0 saturated carbocycles. The van der Waals surface area contributed by atoms with Gasteiger partial charge in [0.05, 0.1) is 0 Å². The molecule has 0 fully saturated rings. The number of halogens is 3. The predicted molar refractivity (Wildman–Crippen MR) is 58.5 cm³/mol. The molecule has 1 aromatic carbocycles. The molecule has 1 rings (SSSR count). The average Bonchev–Trinajstić information content (AvgIpc) is 2.08. The first-order valence-corrected chi connectivity index (χ1v) is 4.89. The molecule has 14 heavy (non-hydrogen) atoms. The molecule has 0 saturated heterocycles. The van der Waals surface area contributed by atoms with E-state index in [9.17, 15) is 13.6 Å². The quantitative estimate of drug-likeness (QED) is 0.518. The van der Waals surface area contributed by atoms with Crippen molar-refractivity contribution in [2.24, 2.45) is 0 Å². The number of nitrogen functional groups attached to an aromatic ring is 1. The zero-order chi connectivity index (χ0) is 10.9. The van der Waals surface area contributed by atoms with Crippen LogP contribution in [0, 0.1) is 3.57 Å². The molecular weight excluding hydrogens is 303 g/mol. The van der Waals surface area contributed by atoms with Crippen LogP contribution in [0.15, 0.2) is 12.1 Å². The van der Waals surface area contributed by atoms with Crippen LogP contribution in [0.1, 0.15) is 29.3 Å². The summed E-state index contributed by atoms with van der Waals surface area (Å²) in [6.45, 7) is 1.24. The van der Waals surface area contributed by atoms with Crippen LogP contribution in [-0.2, 0) is 0 Å². The summed E-state index contributed by atoms with van der Waals surface area (Å²) in [7, 11) is 0. The fourth-order valence-corrected chi connectivity index (χ4v) is 1.58. The smallest absolute Gasteiger partial charge is 0.264 e. The molecule has 2 N–H and O–H groups in total. The number of nitrogens with two attached hydrogens (primary N) is 1. The predicted octanol–water partition coefficient (Wildman–Crippen LogP) is 3.01. The van der Waals surface area contributed by atoms with Crippen molar-refractivity contribution in [3.05, 3.63) is 26.8 Å². The number of carbonyl (C=O) groups is 1. The van der Waals surface area contributed by atoms with Gasteiger partial charge in [0.1, 0.15) is 0 Å². The molecule has 0 aliphatic carbocycles. The molecule has 76 valence electrons. The summed E-state index contributed by atoms with van der Waals surface area (Å²) < 4.78 is 25.5. The van der Waals surface area contributed by atoms with Gasteiger partial charge in [-0.05, 0) is 41.6 Å². The van der Waals surface area contributed by atoms with Gasteiger partial charge >= 0.3 is 0 Å². The normalized spacial score (nSPS) is 10.6. The van der Waals surface area contributed by atoms with Gasteiger partial charge in [0.2, 0.25) is 0 Å². The number of hydrogen-bond acceptors (Lipinski definition) is 2. The second-order valence-electron chi connectivity index (χ2n) is 2.82. The van der Waals surface area contributed by atoms with Gasteiger partial charge in [0.25, 0.3) is 6.43 Å². The van der Waals surface area contributed by atoms with E-state index in [4.69, 9.17) is 5.73 Å². The van der Waals surface area contributed by atoms with Crippen LogP contribution < -0.4 is 5.73 Å². The minimum atomic E-state index is -2.65. The Morgan fingerprint density at radius 3 is 2.50 bits per heavy atom. The Morgan fingerprint density at radius 2 is 2.07 bits per heavy atom. The first-order valence-electron chi connectivity index (χ1n) is 3.81. The lowest BCUT2D eigenvalue weighted by atomic mass is 10.0. The van der Waals surface area contributed by atoms with Gasteiger partial charge in [-0.1, -0.05) is 0 Å². The van der Waals surface area contributed by atoms with Crippen molar-refractivity contribution in [3.63, 3.8) is 0 Å². The van der Waals surface area contributed by atoms with Crippen LogP contribution in [0.25, 0.3) is 0 Å². The standard InChI is InChI=1S/C9H8F2INO/c1-4(14)5-3-8(13)7(12)2-6(5)9(10)11/h2-3,9H,13H2,1H3. The summed E-state index contributed by atoms with van der Waals surface area (Å²) in [5, 5.41) is 0. The van der Waals surface area contributed by atoms with Crippen LogP contribution in [0.3, 0.4) is 0 Å². The maximum absolute atomic E-state index is 12.5. The zero-order valence-electron chi connectivity index (χ0n) is 7.35. The highest BCUT2D eigenvalue weighted by Crippen LogP contribution is 2.28. The molecule has 2 nitrogen and oxygen atoms in total. The van der Waals surface area contributed by atoms with E-state index in [2.05, 4.69) is 0 Å². The Kier molecular flexibility index (Phi) is 3.41. The van der Waals surface area contributed by atoms with Crippen LogP contribution in [0.4, 0.5) is 14.5 Å². The highest BCUT2D eigenvalue weighted by Gasteiger charge is 2.17. The maximum atomic E-state index is 12.5. The molecular formula is C9H8F2INO. The third-order valence-corrected chi connectivity index (χ3v) is 2.72. The zero-order valence-corrected chi connectivity index (χ0v) is 9.51. The number of rotatable bonds is 2. The number of ketones is 1. The molecule has 0 aliphatic rings. The monoisotopic (exact) mass is 311 g/mol. The van der Waals surface area contributed by atoms with E-state index < -0.39 is 12.2 Å². The molecule has 5 heteroatoms.